The molecule has 2 rings (SSSR count). The number of ether oxygens (including phenoxy) is 4. The highest BCUT2D eigenvalue weighted by Gasteiger charge is 2.19. The molecule has 0 saturated carbocycles. The zero-order chi connectivity index (χ0) is 20.0. The number of benzene rings is 2. The second-order valence-electron chi connectivity index (χ2n) is 5.52. The van der Waals surface area contributed by atoms with E-state index in [9.17, 15) is 9.90 Å². The minimum Gasteiger partial charge on any atom is -0.497 e. The monoisotopic (exact) mass is 487 g/mol. The molecule has 0 bridgehead atoms. The first kappa shape index (κ1) is 21.1. The summed E-state index contributed by atoms with van der Waals surface area (Å²) in [7, 11) is 6.10. The smallest absolute Gasteiger partial charge is 0.252 e. The van der Waals surface area contributed by atoms with Gasteiger partial charge < -0.3 is 29.4 Å². The molecule has 0 aliphatic rings. The van der Waals surface area contributed by atoms with E-state index in [1.54, 1.807) is 37.4 Å². The molecule has 0 fully saturated rings. The van der Waals surface area contributed by atoms with E-state index in [-0.39, 0.29) is 12.5 Å². The Morgan fingerprint density at radius 3 is 2.22 bits per heavy atom. The molecule has 0 aliphatic carbocycles. The number of rotatable bonds is 8. The van der Waals surface area contributed by atoms with Gasteiger partial charge in [0.05, 0.1) is 34.0 Å². The molecule has 27 heavy (non-hydrogen) atoms. The lowest BCUT2D eigenvalue weighted by atomic mass is 10.1. The molecule has 2 aromatic rings. The molecule has 146 valence electrons. The number of aliphatic hydroxyl groups is 1. The van der Waals surface area contributed by atoms with Crippen molar-refractivity contribution in [1.82, 2.24) is 5.32 Å². The Morgan fingerprint density at radius 1 is 1.00 bits per heavy atom. The van der Waals surface area contributed by atoms with E-state index in [1.165, 1.54) is 21.3 Å². The lowest BCUT2D eigenvalue weighted by Crippen LogP contribution is -2.29. The molecule has 0 heterocycles. The van der Waals surface area contributed by atoms with Gasteiger partial charge in [-0.1, -0.05) is 0 Å². The first-order valence-corrected chi connectivity index (χ1v) is 9.12. The number of aliphatic hydroxyl groups excluding tert-OH is 1. The highest BCUT2D eigenvalue weighted by molar-refractivity contribution is 14.1. The Kier molecular flexibility index (Phi) is 7.55. The third-order valence-corrected chi connectivity index (χ3v) is 4.86. The molecule has 7 nitrogen and oxygen atoms in total. The Morgan fingerprint density at radius 2 is 1.63 bits per heavy atom. The number of carbonyl (C=O) groups is 1. The number of methoxy groups -OCH3 is 4. The molecule has 1 amide bonds. The van der Waals surface area contributed by atoms with Crippen LogP contribution in [0.5, 0.6) is 23.0 Å². The van der Waals surface area contributed by atoms with Crippen LogP contribution in [0.25, 0.3) is 0 Å². The third kappa shape index (κ3) is 4.95. The number of hydrogen-bond donors (Lipinski definition) is 2. The molecular formula is C19H22INO6. The van der Waals surface area contributed by atoms with E-state index in [1.807, 2.05) is 0 Å². The maximum absolute atomic E-state index is 12.6. The molecule has 2 aromatic carbocycles. The fourth-order valence-electron chi connectivity index (χ4n) is 2.52. The van der Waals surface area contributed by atoms with Gasteiger partial charge in [-0.2, -0.15) is 0 Å². The van der Waals surface area contributed by atoms with Gasteiger partial charge in [-0.3, -0.25) is 4.79 Å². The van der Waals surface area contributed by atoms with Crippen molar-refractivity contribution < 1.29 is 28.8 Å². The molecule has 0 saturated heterocycles. The van der Waals surface area contributed by atoms with E-state index < -0.39 is 6.10 Å². The fourth-order valence-corrected chi connectivity index (χ4v) is 3.21. The molecule has 1 unspecified atom stereocenters. The van der Waals surface area contributed by atoms with Crippen molar-refractivity contribution in [2.24, 2.45) is 0 Å². The Balaban J connectivity index is 2.16. The topological polar surface area (TPSA) is 86.2 Å². The third-order valence-electron chi connectivity index (χ3n) is 3.97. The molecule has 2 N–H and O–H groups in total. The van der Waals surface area contributed by atoms with Crippen molar-refractivity contribution in [3.8, 4) is 23.0 Å². The number of amides is 1. The van der Waals surface area contributed by atoms with Gasteiger partial charge in [-0.05, 0) is 52.9 Å². The maximum atomic E-state index is 12.6. The maximum Gasteiger partial charge on any atom is 0.252 e. The number of carbonyl (C=O) groups excluding carboxylic acids is 1. The summed E-state index contributed by atoms with van der Waals surface area (Å²) in [6.45, 7) is 0.00673. The average molecular weight is 487 g/mol. The minimum atomic E-state index is -0.961. The second-order valence-corrected chi connectivity index (χ2v) is 6.68. The SMILES string of the molecule is COc1ccc(OC)c(C(O)CNC(=O)c2cc(OC)c(OC)cc2I)c1. The quantitative estimate of drug-likeness (QED) is 0.558. The van der Waals surface area contributed by atoms with Gasteiger partial charge in [-0.25, -0.2) is 0 Å². The summed E-state index contributed by atoms with van der Waals surface area (Å²) >= 11 is 2.05. The van der Waals surface area contributed by atoms with E-state index in [2.05, 4.69) is 27.9 Å². The Hall–Kier alpha value is -2.20. The van der Waals surface area contributed by atoms with E-state index in [4.69, 9.17) is 18.9 Å². The number of nitrogens with one attached hydrogen (secondary N) is 1. The van der Waals surface area contributed by atoms with Gasteiger partial charge in [0.1, 0.15) is 17.6 Å². The predicted octanol–water partition coefficient (Wildman–Crippen LogP) is 2.79. The Bertz CT molecular complexity index is 811. The van der Waals surface area contributed by atoms with E-state index >= 15 is 0 Å². The number of hydrogen-bond acceptors (Lipinski definition) is 6. The average Bonchev–Trinajstić information content (AvgIpc) is 2.70. The van der Waals surface area contributed by atoms with Crippen LogP contribution < -0.4 is 24.3 Å². The van der Waals surface area contributed by atoms with Crippen molar-refractivity contribution in [2.75, 3.05) is 35.0 Å². The molecule has 0 spiro atoms. The van der Waals surface area contributed by atoms with Crippen molar-refractivity contribution >= 4 is 28.5 Å². The molecule has 0 aliphatic heterocycles. The van der Waals surface area contributed by atoms with Crippen LogP contribution in [-0.2, 0) is 0 Å². The molecule has 8 heteroatoms. The Labute approximate surface area is 171 Å². The summed E-state index contributed by atoms with van der Waals surface area (Å²) < 4.78 is 21.6. The zero-order valence-corrected chi connectivity index (χ0v) is 17.7. The molecule has 0 radical (unpaired) electrons. The van der Waals surface area contributed by atoms with Crippen LogP contribution in [-0.4, -0.2) is 46.0 Å². The van der Waals surface area contributed by atoms with Crippen LogP contribution in [0.4, 0.5) is 0 Å². The summed E-state index contributed by atoms with van der Waals surface area (Å²) in [6.07, 6.45) is -0.961. The van der Waals surface area contributed by atoms with Gasteiger partial charge in [0.15, 0.2) is 11.5 Å². The van der Waals surface area contributed by atoms with Crippen LogP contribution in [0, 0.1) is 3.57 Å². The lowest BCUT2D eigenvalue weighted by molar-refractivity contribution is 0.0913. The zero-order valence-electron chi connectivity index (χ0n) is 15.5. The van der Waals surface area contributed by atoms with Gasteiger partial charge >= 0.3 is 0 Å². The van der Waals surface area contributed by atoms with Crippen LogP contribution in [0.2, 0.25) is 0 Å². The van der Waals surface area contributed by atoms with Crippen molar-refractivity contribution in [3.63, 3.8) is 0 Å². The normalized spacial score (nSPS) is 11.5. The van der Waals surface area contributed by atoms with Crippen LogP contribution in [0.1, 0.15) is 22.0 Å². The van der Waals surface area contributed by atoms with E-state index in [0.717, 1.165) is 0 Å². The van der Waals surface area contributed by atoms with Gasteiger partial charge in [0.2, 0.25) is 0 Å². The van der Waals surface area contributed by atoms with Gasteiger partial charge in [0.25, 0.3) is 5.91 Å². The first-order valence-electron chi connectivity index (χ1n) is 8.04. The van der Waals surface area contributed by atoms with Crippen molar-refractivity contribution in [3.05, 3.63) is 45.0 Å². The first-order chi connectivity index (χ1) is 12.9. The highest BCUT2D eigenvalue weighted by Crippen LogP contribution is 2.32. The highest BCUT2D eigenvalue weighted by atomic mass is 127. The fraction of sp³-hybridized carbons (Fsp3) is 0.316. The molecular weight excluding hydrogens is 465 g/mol. The predicted molar refractivity (Wildman–Crippen MR) is 109 cm³/mol. The van der Waals surface area contributed by atoms with Gasteiger partial charge in [0, 0.05) is 15.7 Å². The van der Waals surface area contributed by atoms with E-state index in [0.29, 0.717) is 37.7 Å². The van der Waals surface area contributed by atoms with Crippen LogP contribution >= 0.6 is 22.6 Å². The van der Waals surface area contributed by atoms with Crippen LogP contribution in [0.15, 0.2) is 30.3 Å². The largest absolute Gasteiger partial charge is 0.497 e. The van der Waals surface area contributed by atoms with Crippen LogP contribution in [0.3, 0.4) is 0 Å². The van der Waals surface area contributed by atoms with Gasteiger partial charge in [-0.15, -0.1) is 0 Å². The molecule has 0 aromatic heterocycles. The summed E-state index contributed by atoms with van der Waals surface area (Å²) in [5, 5.41) is 13.2. The minimum absolute atomic E-state index is 0.00673. The summed E-state index contributed by atoms with van der Waals surface area (Å²) in [5.74, 6) is 1.77. The van der Waals surface area contributed by atoms with Crippen molar-refractivity contribution in [1.29, 1.82) is 0 Å². The summed E-state index contributed by atoms with van der Waals surface area (Å²) in [5.41, 5.74) is 0.956. The summed E-state index contributed by atoms with van der Waals surface area (Å²) in [6, 6.07) is 8.44. The second kappa shape index (κ2) is 9.65. The molecule has 1 atom stereocenters. The standard InChI is InChI=1S/C19H22INO6/c1-24-11-5-6-16(25-2)13(7-11)15(22)10-21-19(23)12-8-17(26-3)18(27-4)9-14(12)20/h5-9,15,22H,10H2,1-4H3,(H,21,23). The van der Waals surface area contributed by atoms with Crippen molar-refractivity contribution in [2.45, 2.75) is 6.10 Å². The summed E-state index contributed by atoms with van der Waals surface area (Å²) in [4.78, 5) is 12.6. The number of halogens is 1. The lowest BCUT2D eigenvalue weighted by Gasteiger charge is -2.17.